The molecular formula is C12H15Cl3N2O. The molecule has 0 saturated heterocycles. The van der Waals surface area contributed by atoms with E-state index in [1.54, 1.807) is 6.21 Å². The van der Waals surface area contributed by atoms with Crippen LogP contribution in [0.3, 0.4) is 0 Å². The van der Waals surface area contributed by atoms with E-state index >= 15 is 0 Å². The molecular weight excluding hydrogens is 295 g/mol. The van der Waals surface area contributed by atoms with E-state index in [-0.39, 0.29) is 0 Å². The molecule has 3 rings (SSSR count). The van der Waals surface area contributed by atoms with Crippen LogP contribution in [0.1, 0.15) is 26.7 Å². The van der Waals surface area contributed by atoms with Crippen LogP contribution >= 0.6 is 34.8 Å². The normalized spacial score (nSPS) is 29.7. The van der Waals surface area contributed by atoms with Crippen LogP contribution in [0.2, 0.25) is 0 Å². The number of alkyl halides is 3. The van der Waals surface area contributed by atoms with E-state index in [0.29, 0.717) is 11.3 Å². The molecule has 0 radical (unpaired) electrons. The van der Waals surface area contributed by atoms with Crippen LogP contribution in [0.25, 0.3) is 0 Å². The van der Waals surface area contributed by atoms with Crippen molar-refractivity contribution < 1.29 is 4.79 Å². The van der Waals surface area contributed by atoms with Gasteiger partial charge >= 0.3 is 0 Å². The first-order chi connectivity index (χ1) is 8.23. The van der Waals surface area contributed by atoms with E-state index in [1.165, 1.54) is 6.42 Å². The Morgan fingerprint density at radius 3 is 2.72 bits per heavy atom. The summed E-state index contributed by atoms with van der Waals surface area (Å²) in [5, 5.41) is 3.86. The molecule has 0 aromatic heterocycles. The number of nitrogens with zero attached hydrogens (tertiary/aromatic N) is 1. The van der Waals surface area contributed by atoms with E-state index in [9.17, 15) is 4.79 Å². The van der Waals surface area contributed by atoms with Gasteiger partial charge in [-0.05, 0) is 35.7 Å². The minimum Gasteiger partial charge on any atom is -0.268 e. The first-order valence-electron chi connectivity index (χ1n) is 5.83. The predicted octanol–water partition coefficient (Wildman–Crippen LogP) is 3.45. The number of rotatable bonds is 2. The molecule has 0 aliphatic heterocycles. The molecule has 3 aliphatic rings. The topological polar surface area (TPSA) is 41.5 Å². The van der Waals surface area contributed by atoms with Crippen molar-refractivity contribution in [2.75, 3.05) is 0 Å². The van der Waals surface area contributed by atoms with Gasteiger partial charge < -0.3 is 0 Å². The number of allylic oxidation sites excluding steroid dienone is 2. The summed E-state index contributed by atoms with van der Waals surface area (Å²) < 4.78 is -1.97. The maximum atomic E-state index is 11.3. The Kier molecular flexibility index (Phi) is 3.69. The van der Waals surface area contributed by atoms with Crippen molar-refractivity contribution in [1.29, 1.82) is 0 Å². The van der Waals surface area contributed by atoms with E-state index in [2.05, 4.69) is 30.5 Å². The molecule has 1 amide bonds. The lowest BCUT2D eigenvalue weighted by Crippen LogP contribution is -2.48. The van der Waals surface area contributed by atoms with Crippen LogP contribution < -0.4 is 5.43 Å². The molecule has 100 valence electrons. The smallest absolute Gasteiger partial charge is 0.268 e. The van der Waals surface area contributed by atoms with Gasteiger partial charge in [-0.1, -0.05) is 54.7 Å². The average molecular weight is 310 g/mol. The lowest BCUT2D eigenvalue weighted by molar-refractivity contribution is -0.120. The van der Waals surface area contributed by atoms with Crippen LogP contribution in [0.4, 0.5) is 0 Å². The molecule has 3 nitrogen and oxygen atoms in total. The van der Waals surface area contributed by atoms with Crippen molar-refractivity contribution in [3.05, 3.63) is 11.6 Å². The highest BCUT2D eigenvalue weighted by atomic mass is 35.6. The molecule has 2 bridgehead atoms. The Hall–Kier alpha value is -0.250. The van der Waals surface area contributed by atoms with Gasteiger partial charge in [0.1, 0.15) is 0 Å². The molecule has 6 heteroatoms. The highest BCUT2D eigenvalue weighted by molar-refractivity contribution is 6.76. The number of nitrogens with one attached hydrogen (secondary N) is 1. The number of fused-ring (bicyclic) bond motifs is 1. The average Bonchev–Trinajstić information content (AvgIpc) is 2.27. The first kappa shape index (κ1) is 14.2. The zero-order chi connectivity index (χ0) is 13.6. The maximum absolute atomic E-state index is 11.3. The fourth-order valence-corrected chi connectivity index (χ4v) is 2.90. The number of carbonyl (C=O) groups excluding carboxylic acids is 1. The number of carbonyl (C=O) groups is 1. The van der Waals surface area contributed by atoms with Gasteiger partial charge in [0.15, 0.2) is 0 Å². The second-order valence-electron chi connectivity index (χ2n) is 5.44. The number of hydrazone groups is 1. The Morgan fingerprint density at radius 2 is 2.22 bits per heavy atom. The minimum absolute atomic E-state index is 0.329. The summed E-state index contributed by atoms with van der Waals surface area (Å²) in [6, 6.07) is 0. The van der Waals surface area contributed by atoms with Crippen molar-refractivity contribution in [3.63, 3.8) is 0 Å². The minimum atomic E-state index is -1.97. The summed E-state index contributed by atoms with van der Waals surface area (Å²) >= 11 is 16.3. The number of hydrogen-bond donors (Lipinski definition) is 1. The van der Waals surface area contributed by atoms with Crippen LogP contribution in [0, 0.1) is 17.3 Å². The van der Waals surface area contributed by atoms with Crippen LogP contribution in [-0.4, -0.2) is 15.9 Å². The fraction of sp³-hybridized carbons (Fsp3) is 0.667. The van der Waals surface area contributed by atoms with Gasteiger partial charge in [-0.25, -0.2) is 5.43 Å². The van der Waals surface area contributed by atoms with E-state index < -0.39 is 9.70 Å². The molecule has 0 heterocycles. The highest BCUT2D eigenvalue weighted by Crippen LogP contribution is 2.58. The monoisotopic (exact) mass is 308 g/mol. The third-order valence-corrected chi connectivity index (χ3v) is 4.66. The third kappa shape index (κ3) is 2.54. The van der Waals surface area contributed by atoms with Gasteiger partial charge in [0.05, 0.1) is 6.21 Å². The summed E-state index contributed by atoms with van der Waals surface area (Å²) in [5.74, 6) is 0.547. The maximum Gasteiger partial charge on any atom is 0.292 e. The lowest BCUT2D eigenvalue weighted by atomic mass is 9.49. The molecule has 1 saturated carbocycles. The van der Waals surface area contributed by atoms with Crippen molar-refractivity contribution in [1.82, 2.24) is 5.43 Å². The molecule has 0 aromatic carbocycles. The molecule has 1 N–H and O–H groups in total. The third-order valence-electron chi connectivity index (χ3n) is 4.15. The summed E-state index contributed by atoms with van der Waals surface area (Å²) in [6.45, 7) is 4.54. The Bertz CT molecular complexity index is 424. The summed E-state index contributed by atoms with van der Waals surface area (Å²) in [5.41, 5.74) is 3.72. The molecule has 2 atom stereocenters. The van der Waals surface area contributed by atoms with Gasteiger partial charge in [-0.15, -0.1) is 0 Å². The van der Waals surface area contributed by atoms with Crippen molar-refractivity contribution in [2.24, 2.45) is 22.4 Å². The first-order valence-corrected chi connectivity index (χ1v) is 6.96. The zero-order valence-corrected chi connectivity index (χ0v) is 12.5. The SMILES string of the molecule is CC1(C)[C@@H]2CC=C(/C=N/NC(=O)C(Cl)(Cl)Cl)[C@H]1C2. The van der Waals surface area contributed by atoms with Gasteiger partial charge in [-0.3, -0.25) is 4.79 Å². The van der Waals surface area contributed by atoms with Gasteiger partial charge in [0.2, 0.25) is 0 Å². The van der Waals surface area contributed by atoms with Gasteiger partial charge in [0.25, 0.3) is 9.70 Å². The molecule has 0 unspecified atom stereocenters. The summed E-state index contributed by atoms with van der Waals surface area (Å²) in [4.78, 5) is 11.3. The van der Waals surface area contributed by atoms with Gasteiger partial charge in [0, 0.05) is 0 Å². The van der Waals surface area contributed by atoms with Crippen LogP contribution in [-0.2, 0) is 4.79 Å². The quantitative estimate of drug-likeness (QED) is 0.474. The van der Waals surface area contributed by atoms with E-state index in [0.717, 1.165) is 17.9 Å². The van der Waals surface area contributed by atoms with Crippen molar-refractivity contribution >= 4 is 46.9 Å². The Balaban J connectivity index is 1.95. The summed E-state index contributed by atoms with van der Waals surface area (Å²) in [7, 11) is 0. The zero-order valence-electron chi connectivity index (χ0n) is 10.2. The molecule has 18 heavy (non-hydrogen) atoms. The summed E-state index contributed by atoms with van der Waals surface area (Å²) in [6.07, 6.45) is 6.11. The second kappa shape index (κ2) is 4.69. The molecule has 0 spiro atoms. The number of amides is 1. The van der Waals surface area contributed by atoms with Crippen molar-refractivity contribution in [2.45, 2.75) is 30.5 Å². The van der Waals surface area contributed by atoms with E-state index in [4.69, 9.17) is 34.8 Å². The molecule has 3 aliphatic carbocycles. The van der Waals surface area contributed by atoms with Crippen LogP contribution in [0.15, 0.2) is 16.8 Å². The molecule has 0 aromatic rings. The predicted molar refractivity (Wildman–Crippen MR) is 75.0 cm³/mol. The second-order valence-corrected chi connectivity index (χ2v) is 7.72. The van der Waals surface area contributed by atoms with Crippen molar-refractivity contribution in [3.8, 4) is 0 Å². The molecule has 1 fully saturated rings. The fourth-order valence-electron chi connectivity index (χ4n) is 2.77. The Morgan fingerprint density at radius 1 is 1.56 bits per heavy atom. The lowest BCUT2D eigenvalue weighted by Gasteiger charge is -2.55. The highest BCUT2D eigenvalue weighted by Gasteiger charge is 2.50. The van der Waals surface area contributed by atoms with E-state index in [1.807, 2.05) is 0 Å². The number of hydrogen-bond acceptors (Lipinski definition) is 2. The Labute approximate surface area is 122 Å². The van der Waals surface area contributed by atoms with Gasteiger partial charge in [-0.2, -0.15) is 5.10 Å². The largest absolute Gasteiger partial charge is 0.292 e. The van der Waals surface area contributed by atoms with Crippen LogP contribution in [0.5, 0.6) is 0 Å². The number of halogens is 3. The standard InChI is InChI=1S/C12H15Cl3N2O/c1-11(2)8-4-3-7(9(11)5-8)6-16-17-10(18)12(13,14)15/h3,6,8-9H,4-5H2,1-2H3,(H,17,18)/b16-6+/t8-,9-/m1/s1.